The van der Waals surface area contributed by atoms with Crippen LogP contribution >= 0.6 is 0 Å². The first-order valence-corrected chi connectivity index (χ1v) is 7.12. The van der Waals surface area contributed by atoms with Gasteiger partial charge >= 0.3 is 12.4 Å². The summed E-state index contributed by atoms with van der Waals surface area (Å²) < 4.78 is 81.9. The van der Waals surface area contributed by atoms with E-state index in [9.17, 15) is 26.3 Å². The van der Waals surface area contributed by atoms with Gasteiger partial charge in [0.2, 0.25) is 0 Å². The van der Waals surface area contributed by atoms with Crippen LogP contribution in [0.3, 0.4) is 0 Å². The average molecular weight is 348 g/mol. The maximum atomic E-state index is 12.8. The summed E-state index contributed by atoms with van der Waals surface area (Å²) in [5, 5.41) is 0. The van der Waals surface area contributed by atoms with Crippen molar-refractivity contribution < 1.29 is 31.1 Å². The Morgan fingerprint density at radius 2 is 1.29 bits per heavy atom. The summed E-state index contributed by atoms with van der Waals surface area (Å²) in [5.74, 6) is 0.595. The minimum atomic E-state index is -4.82. The summed E-state index contributed by atoms with van der Waals surface area (Å²) in [5.41, 5.74) is -2.61. The third kappa shape index (κ3) is 5.18. The van der Waals surface area contributed by atoms with Crippen LogP contribution < -0.4 is 4.74 Å². The Hall–Kier alpha value is -2.18. The lowest BCUT2D eigenvalue weighted by atomic mass is 10.0. The van der Waals surface area contributed by atoms with Crippen LogP contribution in [0.4, 0.5) is 26.3 Å². The second-order valence-electron chi connectivity index (χ2n) is 5.18. The molecular weight excluding hydrogens is 334 g/mol. The Bertz CT molecular complexity index is 629. The van der Waals surface area contributed by atoms with Gasteiger partial charge in [-0.2, -0.15) is 26.3 Å². The molecule has 0 amide bonds. The summed E-state index contributed by atoms with van der Waals surface area (Å²) in [6.07, 6.45) is -9.29. The molecule has 2 rings (SSSR count). The maximum Gasteiger partial charge on any atom is 0.416 e. The molecule has 0 spiro atoms. The Balaban J connectivity index is 2.06. The van der Waals surface area contributed by atoms with E-state index in [0.717, 1.165) is 12.1 Å². The molecule has 2 aromatic carbocycles. The van der Waals surface area contributed by atoms with Crippen molar-refractivity contribution in [2.75, 3.05) is 6.61 Å². The van der Waals surface area contributed by atoms with Crippen molar-refractivity contribution >= 4 is 0 Å². The second kappa shape index (κ2) is 7.15. The van der Waals surface area contributed by atoms with E-state index < -0.39 is 23.5 Å². The van der Waals surface area contributed by atoms with Gasteiger partial charge in [-0.05, 0) is 48.7 Å². The average Bonchev–Trinajstić information content (AvgIpc) is 2.51. The van der Waals surface area contributed by atoms with Gasteiger partial charge in [0.1, 0.15) is 5.75 Å². The predicted octanol–water partition coefficient (Wildman–Crippen LogP) is 5.74. The minimum absolute atomic E-state index is 0.0196. The largest absolute Gasteiger partial charge is 0.494 e. The molecule has 130 valence electrons. The fraction of sp³-hybridized carbons (Fsp3) is 0.294. The fourth-order valence-corrected chi connectivity index (χ4v) is 2.15. The first-order valence-electron chi connectivity index (χ1n) is 7.12. The van der Waals surface area contributed by atoms with Crippen molar-refractivity contribution in [2.45, 2.75) is 25.2 Å². The molecule has 0 aliphatic carbocycles. The predicted molar refractivity (Wildman–Crippen MR) is 76.7 cm³/mol. The van der Waals surface area contributed by atoms with Crippen LogP contribution in [0.15, 0.2) is 48.5 Å². The third-order valence-electron chi connectivity index (χ3n) is 3.27. The number of ether oxygens (including phenoxy) is 1. The number of hydrogen-bond acceptors (Lipinski definition) is 1. The van der Waals surface area contributed by atoms with Gasteiger partial charge < -0.3 is 4.74 Å². The van der Waals surface area contributed by atoms with Gasteiger partial charge in [-0.3, -0.25) is 0 Å². The highest BCUT2D eigenvalue weighted by Gasteiger charge is 2.36. The van der Waals surface area contributed by atoms with Gasteiger partial charge in [-0.1, -0.05) is 18.2 Å². The van der Waals surface area contributed by atoms with Crippen molar-refractivity contribution in [1.29, 1.82) is 0 Å². The van der Waals surface area contributed by atoms with E-state index >= 15 is 0 Å². The fourth-order valence-electron chi connectivity index (χ4n) is 2.15. The zero-order valence-corrected chi connectivity index (χ0v) is 12.4. The first-order chi connectivity index (χ1) is 11.2. The van der Waals surface area contributed by atoms with Crippen LogP contribution in [0.5, 0.6) is 5.75 Å². The van der Waals surface area contributed by atoms with Crippen LogP contribution in [0.1, 0.15) is 23.1 Å². The normalized spacial score (nSPS) is 12.2. The lowest BCUT2D eigenvalue weighted by molar-refractivity contribution is -0.143. The molecule has 0 bridgehead atoms. The van der Waals surface area contributed by atoms with Crippen LogP contribution in [-0.2, 0) is 18.8 Å². The highest BCUT2D eigenvalue weighted by Crippen LogP contribution is 2.36. The number of aryl methyl sites for hydroxylation is 1. The Kier molecular flexibility index (Phi) is 5.41. The van der Waals surface area contributed by atoms with Crippen molar-refractivity contribution in [2.24, 2.45) is 0 Å². The van der Waals surface area contributed by atoms with E-state index in [0.29, 0.717) is 12.2 Å². The Labute approximate surface area is 134 Å². The van der Waals surface area contributed by atoms with Gasteiger partial charge in [0.05, 0.1) is 17.7 Å². The van der Waals surface area contributed by atoms with Gasteiger partial charge in [0, 0.05) is 0 Å². The molecule has 0 heterocycles. The number of hydrogen-bond donors (Lipinski definition) is 0. The smallest absolute Gasteiger partial charge is 0.416 e. The molecule has 0 saturated carbocycles. The Morgan fingerprint density at radius 3 is 1.79 bits per heavy atom. The van der Waals surface area contributed by atoms with E-state index in [4.69, 9.17) is 4.74 Å². The van der Waals surface area contributed by atoms with Crippen LogP contribution in [0.2, 0.25) is 0 Å². The minimum Gasteiger partial charge on any atom is -0.494 e. The van der Waals surface area contributed by atoms with E-state index in [2.05, 4.69) is 0 Å². The monoisotopic (exact) mass is 348 g/mol. The quantitative estimate of drug-likeness (QED) is 0.495. The molecule has 0 radical (unpaired) electrons. The van der Waals surface area contributed by atoms with E-state index in [1.807, 2.05) is 0 Å². The highest BCUT2D eigenvalue weighted by atomic mass is 19.4. The number of rotatable bonds is 5. The van der Waals surface area contributed by atoms with E-state index in [-0.39, 0.29) is 24.7 Å². The van der Waals surface area contributed by atoms with Crippen molar-refractivity contribution in [1.82, 2.24) is 0 Å². The lowest BCUT2D eigenvalue weighted by Gasteiger charge is -2.14. The molecule has 0 N–H and O–H groups in total. The molecule has 7 heteroatoms. The van der Waals surface area contributed by atoms with E-state index in [1.54, 1.807) is 30.3 Å². The van der Waals surface area contributed by atoms with Gasteiger partial charge in [-0.15, -0.1) is 0 Å². The summed E-state index contributed by atoms with van der Waals surface area (Å²) in [6, 6.07) is 10.4. The summed E-state index contributed by atoms with van der Waals surface area (Å²) in [4.78, 5) is 0. The SMILES string of the molecule is FC(F)(F)c1cc(CCCOc2ccccc2)cc(C(F)(F)F)c1. The summed E-state index contributed by atoms with van der Waals surface area (Å²) in [6.45, 7) is 0.196. The molecule has 24 heavy (non-hydrogen) atoms. The lowest BCUT2D eigenvalue weighted by Crippen LogP contribution is -2.12. The number of halogens is 6. The van der Waals surface area contributed by atoms with Crippen LogP contribution in [0, 0.1) is 0 Å². The summed E-state index contributed by atoms with van der Waals surface area (Å²) in [7, 11) is 0. The van der Waals surface area contributed by atoms with Crippen LogP contribution in [0.25, 0.3) is 0 Å². The molecule has 1 nitrogen and oxygen atoms in total. The van der Waals surface area contributed by atoms with Gasteiger partial charge in [0.25, 0.3) is 0 Å². The molecule has 0 fully saturated rings. The first kappa shape index (κ1) is 18.2. The summed E-state index contributed by atoms with van der Waals surface area (Å²) >= 11 is 0. The molecule has 0 atom stereocenters. The Morgan fingerprint density at radius 1 is 0.750 bits per heavy atom. The molecule has 0 unspecified atom stereocenters. The maximum absolute atomic E-state index is 12.8. The van der Waals surface area contributed by atoms with Crippen LogP contribution in [-0.4, -0.2) is 6.61 Å². The second-order valence-corrected chi connectivity index (χ2v) is 5.18. The van der Waals surface area contributed by atoms with Crippen molar-refractivity contribution in [3.63, 3.8) is 0 Å². The highest BCUT2D eigenvalue weighted by molar-refractivity contribution is 5.33. The standard InChI is InChI=1S/C17H14F6O/c18-16(19,20)13-9-12(10-14(11-13)17(21,22)23)5-4-8-24-15-6-2-1-3-7-15/h1-3,6-7,9-11H,4-5,8H2. The molecule has 0 aromatic heterocycles. The molecule has 0 aliphatic rings. The third-order valence-corrected chi connectivity index (χ3v) is 3.27. The van der Waals surface area contributed by atoms with Crippen molar-refractivity contribution in [3.8, 4) is 5.75 Å². The molecule has 0 aliphatic heterocycles. The molecule has 2 aromatic rings. The van der Waals surface area contributed by atoms with Gasteiger partial charge in [-0.25, -0.2) is 0 Å². The van der Waals surface area contributed by atoms with Crippen molar-refractivity contribution in [3.05, 3.63) is 65.2 Å². The number of para-hydroxylation sites is 1. The molecule has 0 saturated heterocycles. The van der Waals surface area contributed by atoms with E-state index in [1.165, 1.54) is 0 Å². The topological polar surface area (TPSA) is 9.23 Å². The zero-order valence-electron chi connectivity index (χ0n) is 12.4. The number of benzene rings is 2. The zero-order chi connectivity index (χ0) is 17.8. The molecular formula is C17H14F6O. The number of alkyl halides is 6. The van der Waals surface area contributed by atoms with Gasteiger partial charge in [0.15, 0.2) is 0 Å².